The second kappa shape index (κ2) is 4.45. The van der Waals surface area contributed by atoms with Gasteiger partial charge < -0.3 is 0 Å². The molecule has 0 saturated carbocycles. The monoisotopic (exact) mass is 277 g/mol. The molecule has 0 fully saturated rings. The molecule has 3 nitrogen and oxygen atoms in total. The van der Waals surface area contributed by atoms with Gasteiger partial charge in [-0.3, -0.25) is 10.1 Å². The molecule has 0 aliphatic heterocycles. The summed E-state index contributed by atoms with van der Waals surface area (Å²) in [5, 5.41) is 12.4. The first-order valence-electron chi connectivity index (χ1n) is 4.67. The molecule has 0 N–H and O–H groups in total. The topological polar surface area (TPSA) is 43.1 Å². The molecule has 0 unspecified atom stereocenters. The molecule has 80 valence electrons. The van der Waals surface area contributed by atoms with Gasteiger partial charge in [0.25, 0.3) is 0 Å². The van der Waals surface area contributed by atoms with Crippen LogP contribution in [0.25, 0.3) is 16.8 Å². The third-order valence-corrected chi connectivity index (χ3v) is 3.15. The molecule has 0 radical (unpaired) electrons. The summed E-state index contributed by atoms with van der Waals surface area (Å²) in [5.41, 5.74) is 0.801. The van der Waals surface area contributed by atoms with Crippen molar-refractivity contribution >= 4 is 32.8 Å². The maximum Gasteiger partial charge on any atom is 0.235 e. The first kappa shape index (κ1) is 10.8. The van der Waals surface area contributed by atoms with E-state index < -0.39 is 4.92 Å². The minimum absolute atomic E-state index is 0.471. The highest BCUT2D eigenvalue weighted by atomic mass is 79.9. The zero-order valence-electron chi connectivity index (χ0n) is 8.26. The fraction of sp³-hybridized carbons (Fsp3) is 0. The van der Waals surface area contributed by atoms with E-state index in [1.54, 1.807) is 0 Å². The minimum Gasteiger partial charge on any atom is -0.259 e. The summed E-state index contributed by atoms with van der Waals surface area (Å²) in [6, 6.07) is 11.7. The van der Waals surface area contributed by atoms with E-state index in [4.69, 9.17) is 0 Å². The second-order valence-electron chi connectivity index (χ2n) is 3.29. The summed E-state index contributed by atoms with van der Waals surface area (Å²) in [5.74, 6) is 0. The van der Waals surface area contributed by atoms with E-state index in [1.165, 1.54) is 6.08 Å². The van der Waals surface area contributed by atoms with Crippen LogP contribution in [0.2, 0.25) is 0 Å². The molecule has 0 spiro atoms. The van der Waals surface area contributed by atoms with E-state index in [2.05, 4.69) is 15.9 Å². The number of benzene rings is 2. The molecule has 0 saturated heterocycles. The summed E-state index contributed by atoms with van der Waals surface area (Å²) < 4.78 is 0.878. The average Bonchev–Trinajstić information content (AvgIpc) is 2.28. The molecule has 2 rings (SSSR count). The highest BCUT2D eigenvalue weighted by Crippen LogP contribution is 2.28. The van der Waals surface area contributed by atoms with Crippen molar-refractivity contribution in [1.82, 2.24) is 0 Å². The van der Waals surface area contributed by atoms with Gasteiger partial charge in [-0.1, -0.05) is 36.4 Å². The van der Waals surface area contributed by atoms with Gasteiger partial charge in [-0.2, -0.15) is 0 Å². The highest BCUT2D eigenvalue weighted by Gasteiger charge is 2.02. The number of hydrogen-bond donors (Lipinski definition) is 0. The summed E-state index contributed by atoms with van der Waals surface area (Å²) in [6.45, 7) is 0. The van der Waals surface area contributed by atoms with E-state index >= 15 is 0 Å². The third-order valence-electron chi connectivity index (χ3n) is 2.27. The number of hydrogen-bond acceptors (Lipinski definition) is 2. The van der Waals surface area contributed by atoms with E-state index in [1.807, 2.05) is 36.4 Å². The van der Waals surface area contributed by atoms with Gasteiger partial charge in [-0.25, -0.2) is 0 Å². The van der Waals surface area contributed by atoms with Gasteiger partial charge in [0.2, 0.25) is 6.20 Å². The third kappa shape index (κ3) is 2.12. The van der Waals surface area contributed by atoms with Crippen molar-refractivity contribution in [3.05, 3.63) is 62.7 Å². The van der Waals surface area contributed by atoms with Crippen LogP contribution in [-0.4, -0.2) is 4.92 Å². The normalized spacial score (nSPS) is 11.1. The molecular weight excluding hydrogens is 270 g/mol. The van der Waals surface area contributed by atoms with Crippen molar-refractivity contribution in [2.45, 2.75) is 0 Å². The van der Waals surface area contributed by atoms with Crippen LogP contribution in [0.3, 0.4) is 0 Å². The van der Waals surface area contributed by atoms with Crippen LogP contribution in [0.5, 0.6) is 0 Å². The zero-order chi connectivity index (χ0) is 11.5. The maximum atomic E-state index is 10.3. The summed E-state index contributed by atoms with van der Waals surface area (Å²) >= 11 is 3.46. The first-order valence-corrected chi connectivity index (χ1v) is 5.47. The van der Waals surface area contributed by atoms with E-state index in [-0.39, 0.29) is 0 Å². The van der Waals surface area contributed by atoms with Crippen molar-refractivity contribution in [3.8, 4) is 0 Å². The lowest BCUT2D eigenvalue weighted by atomic mass is 10.1. The fourth-order valence-electron chi connectivity index (χ4n) is 1.52. The molecule has 4 heteroatoms. The first-order chi connectivity index (χ1) is 7.68. The fourth-order valence-corrected chi connectivity index (χ4v) is 2.15. The van der Waals surface area contributed by atoms with Crippen LogP contribution in [0.4, 0.5) is 0 Å². The van der Waals surface area contributed by atoms with Crippen molar-refractivity contribution < 1.29 is 4.92 Å². The Labute approximate surface area is 101 Å². The molecule has 0 amide bonds. The molecule has 0 bridgehead atoms. The molecule has 0 atom stereocenters. The van der Waals surface area contributed by atoms with Gasteiger partial charge in [0, 0.05) is 10.5 Å². The Morgan fingerprint density at radius 3 is 2.69 bits per heavy atom. The predicted octanol–water partition coefficient (Wildman–Crippen LogP) is 3.85. The zero-order valence-corrected chi connectivity index (χ0v) is 9.85. The molecular formula is C12H8BrNO2. The Morgan fingerprint density at radius 2 is 1.94 bits per heavy atom. The quantitative estimate of drug-likeness (QED) is 0.618. The lowest BCUT2D eigenvalue weighted by molar-refractivity contribution is -0.400. The van der Waals surface area contributed by atoms with E-state index in [9.17, 15) is 10.1 Å². The number of nitrogens with zero attached hydrogens (tertiary/aromatic N) is 1. The largest absolute Gasteiger partial charge is 0.259 e. The van der Waals surface area contributed by atoms with Crippen molar-refractivity contribution in [3.63, 3.8) is 0 Å². The summed E-state index contributed by atoms with van der Waals surface area (Å²) in [6.07, 6.45) is 2.42. The Balaban J connectivity index is 2.56. The maximum absolute atomic E-state index is 10.3. The highest BCUT2D eigenvalue weighted by molar-refractivity contribution is 9.10. The molecule has 0 aliphatic carbocycles. The number of fused-ring (bicyclic) bond motifs is 1. The van der Waals surface area contributed by atoms with Crippen molar-refractivity contribution in [2.24, 2.45) is 0 Å². The van der Waals surface area contributed by atoms with E-state index in [0.717, 1.165) is 27.0 Å². The Morgan fingerprint density at radius 1 is 1.19 bits per heavy atom. The predicted molar refractivity (Wildman–Crippen MR) is 67.7 cm³/mol. The van der Waals surface area contributed by atoms with Crippen LogP contribution in [0.1, 0.15) is 5.56 Å². The molecule has 2 aromatic carbocycles. The van der Waals surface area contributed by atoms with Crippen LogP contribution in [0, 0.1) is 10.1 Å². The molecule has 0 aromatic heterocycles. The van der Waals surface area contributed by atoms with Crippen LogP contribution in [-0.2, 0) is 0 Å². The standard InChI is InChI=1S/C12H8BrNO2/c13-12-10(7-8-14(15)16)6-5-9-3-1-2-4-11(9)12/h1-8H/b8-7+. The molecule has 16 heavy (non-hydrogen) atoms. The molecule has 0 aliphatic rings. The average molecular weight is 278 g/mol. The van der Waals surface area contributed by atoms with Gasteiger partial charge in [0.05, 0.1) is 4.92 Å². The Hall–Kier alpha value is -1.68. The van der Waals surface area contributed by atoms with Crippen LogP contribution in [0.15, 0.2) is 47.1 Å². The SMILES string of the molecule is O=[N+]([O-])/C=C/c1ccc2ccccc2c1Br. The smallest absolute Gasteiger partial charge is 0.235 e. The van der Waals surface area contributed by atoms with Crippen molar-refractivity contribution in [2.75, 3.05) is 0 Å². The van der Waals surface area contributed by atoms with Gasteiger partial charge >= 0.3 is 0 Å². The lowest BCUT2D eigenvalue weighted by Crippen LogP contribution is -1.84. The van der Waals surface area contributed by atoms with E-state index in [0.29, 0.717) is 0 Å². The number of rotatable bonds is 2. The van der Waals surface area contributed by atoms with Crippen LogP contribution >= 0.6 is 15.9 Å². The van der Waals surface area contributed by atoms with Crippen molar-refractivity contribution in [1.29, 1.82) is 0 Å². The van der Waals surface area contributed by atoms with Crippen LogP contribution < -0.4 is 0 Å². The second-order valence-corrected chi connectivity index (χ2v) is 4.08. The summed E-state index contributed by atoms with van der Waals surface area (Å²) in [7, 11) is 0. The molecule has 2 aromatic rings. The number of nitro groups is 1. The Kier molecular flexibility index (Phi) is 3.01. The molecule has 0 heterocycles. The summed E-state index contributed by atoms with van der Waals surface area (Å²) in [4.78, 5) is 9.78. The van der Waals surface area contributed by atoms with Gasteiger partial charge in [-0.05, 0) is 32.3 Å². The minimum atomic E-state index is -0.471. The van der Waals surface area contributed by atoms with Gasteiger partial charge in [0.1, 0.15) is 0 Å². The Bertz CT molecular complexity index is 578. The lowest BCUT2D eigenvalue weighted by Gasteiger charge is -2.03. The van der Waals surface area contributed by atoms with Gasteiger partial charge in [0.15, 0.2) is 0 Å². The number of halogens is 1. The van der Waals surface area contributed by atoms with Gasteiger partial charge in [-0.15, -0.1) is 0 Å².